The van der Waals surface area contributed by atoms with Crippen molar-refractivity contribution in [2.75, 3.05) is 0 Å². The third kappa shape index (κ3) is 0.797. The number of rotatable bonds is 0. The van der Waals surface area contributed by atoms with E-state index in [1.54, 1.807) is 6.92 Å². The van der Waals surface area contributed by atoms with Crippen molar-refractivity contribution in [2.24, 2.45) is 5.92 Å². The largest absolute Gasteiger partial charge is 0.384 e. The van der Waals surface area contributed by atoms with Gasteiger partial charge in [0.2, 0.25) is 0 Å². The average molecular weight is 140 g/mol. The van der Waals surface area contributed by atoms with Gasteiger partial charge in [0, 0.05) is 5.92 Å². The summed E-state index contributed by atoms with van der Waals surface area (Å²) < 4.78 is 0. The lowest BCUT2D eigenvalue weighted by Crippen LogP contribution is -2.21. The SMILES string of the molecule is CC1=C(C)[C@H](C)[C@H](O)C1=O. The maximum Gasteiger partial charge on any atom is 0.187 e. The van der Waals surface area contributed by atoms with Crippen molar-refractivity contribution in [3.63, 3.8) is 0 Å². The Bertz CT molecular complexity index is 203. The van der Waals surface area contributed by atoms with Crippen LogP contribution in [0.3, 0.4) is 0 Å². The molecule has 0 heterocycles. The number of aliphatic hydroxyl groups excluding tert-OH is 1. The first kappa shape index (κ1) is 7.48. The fourth-order valence-corrected chi connectivity index (χ4v) is 1.22. The van der Waals surface area contributed by atoms with Gasteiger partial charge in [-0.05, 0) is 19.4 Å². The number of ketones is 1. The van der Waals surface area contributed by atoms with Gasteiger partial charge in [0.1, 0.15) is 6.10 Å². The quantitative estimate of drug-likeness (QED) is 0.543. The summed E-state index contributed by atoms with van der Waals surface area (Å²) in [4.78, 5) is 11.0. The highest BCUT2D eigenvalue weighted by molar-refractivity contribution is 6.01. The van der Waals surface area contributed by atoms with E-state index in [1.165, 1.54) is 0 Å². The predicted molar refractivity (Wildman–Crippen MR) is 38.6 cm³/mol. The van der Waals surface area contributed by atoms with Crippen molar-refractivity contribution in [3.05, 3.63) is 11.1 Å². The lowest BCUT2D eigenvalue weighted by atomic mass is 10.0. The molecule has 0 radical (unpaired) electrons. The fourth-order valence-electron chi connectivity index (χ4n) is 1.22. The molecule has 56 valence electrons. The Balaban J connectivity index is 2.99. The van der Waals surface area contributed by atoms with Crippen LogP contribution in [0.15, 0.2) is 11.1 Å². The van der Waals surface area contributed by atoms with Gasteiger partial charge in [0.15, 0.2) is 5.78 Å². The summed E-state index contributed by atoms with van der Waals surface area (Å²) in [7, 11) is 0. The van der Waals surface area contributed by atoms with Gasteiger partial charge >= 0.3 is 0 Å². The van der Waals surface area contributed by atoms with Crippen LogP contribution < -0.4 is 0 Å². The van der Waals surface area contributed by atoms with Crippen molar-refractivity contribution < 1.29 is 9.90 Å². The van der Waals surface area contributed by atoms with E-state index in [1.807, 2.05) is 13.8 Å². The Morgan fingerprint density at radius 2 is 1.90 bits per heavy atom. The van der Waals surface area contributed by atoms with Crippen molar-refractivity contribution in [1.29, 1.82) is 0 Å². The first-order valence-corrected chi connectivity index (χ1v) is 3.45. The number of aliphatic hydroxyl groups is 1. The van der Waals surface area contributed by atoms with Crippen LogP contribution in [0.5, 0.6) is 0 Å². The zero-order valence-corrected chi connectivity index (χ0v) is 6.51. The second-order valence-corrected chi connectivity index (χ2v) is 2.91. The predicted octanol–water partition coefficient (Wildman–Crippen LogP) is 0.903. The minimum Gasteiger partial charge on any atom is -0.384 e. The molecule has 2 nitrogen and oxygen atoms in total. The van der Waals surface area contributed by atoms with Crippen LogP contribution in [0.2, 0.25) is 0 Å². The van der Waals surface area contributed by atoms with Crippen molar-refractivity contribution in [2.45, 2.75) is 26.9 Å². The molecule has 1 aliphatic carbocycles. The molecule has 0 saturated carbocycles. The van der Waals surface area contributed by atoms with Crippen molar-refractivity contribution >= 4 is 5.78 Å². The molecule has 0 spiro atoms. The van der Waals surface area contributed by atoms with Gasteiger partial charge in [0.05, 0.1) is 0 Å². The molecule has 1 N–H and O–H groups in total. The molecular weight excluding hydrogens is 128 g/mol. The number of carbonyl (C=O) groups excluding carboxylic acids is 1. The second-order valence-electron chi connectivity index (χ2n) is 2.91. The minimum absolute atomic E-state index is 0.0208. The van der Waals surface area contributed by atoms with E-state index in [2.05, 4.69) is 0 Å². The summed E-state index contributed by atoms with van der Waals surface area (Å²) in [5.74, 6) is -0.0856. The fraction of sp³-hybridized carbons (Fsp3) is 0.625. The van der Waals surface area contributed by atoms with Crippen LogP contribution in [-0.4, -0.2) is 17.0 Å². The topological polar surface area (TPSA) is 37.3 Å². The summed E-state index contributed by atoms with van der Waals surface area (Å²) in [6.45, 7) is 5.53. The molecule has 10 heavy (non-hydrogen) atoms. The van der Waals surface area contributed by atoms with Crippen LogP contribution in [0.1, 0.15) is 20.8 Å². The zero-order valence-electron chi connectivity index (χ0n) is 6.51. The molecular formula is C8H12O2. The first-order chi connectivity index (χ1) is 4.55. The van der Waals surface area contributed by atoms with Crippen LogP contribution in [0.4, 0.5) is 0 Å². The molecule has 0 aromatic rings. The van der Waals surface area contributed by atoms with Gasteiger partial charge in [-0.3, -0.25) is 4.79 Å². The normalized spacial score (nSPS) is 33.8. The summed E-state index contributed by atoms with van der Waals surface area (Å²) in [6, 6.07) is 0. The van der Waals surface area contributed by atoms with Gasteiger partial charge in [-0.25, -0.2) is 0 Å². The van der Waals surface area contributed by atoms with E-state index in [0.29, 0.717) is 0 Å². The molecule has 0 fully saturated rings. The Kier molecular flexibility index (Phi) is 1.65. The number of hydrogen-bond donors (Lipinski definition) is 1. The van der Waals surface area contributed by atoms with E-state index >= 15 is 0 Å². The molecule has 0 aliphatic heterocycles. The molecule has 0 unspecified atom stereocenters. The maximum atomic E-state index is 11.0. The molecule has 0 saturated heterocycles. The summed E-state index contributed by atoms with van der Waals surface area (Å²) in [6.07, 6.45) is -0.778. The molecule has 1 aliphatic rings. The van der Waals surface area contributed by atoms with Crippen LogP contribution in [0, 0.1) is 5.92 Å². The highest BCUT2D eigenvalue weighted by Crippen LogP contribution is 2.28. The van der Waals surface area contributed by atoms with Gasteiger partial charge < -0.3 is 5.11 Å². The monoisotopic (exact) mass is 140 g/mol. The first-order valence-electron chi connectivity index (χ1n) is 3.45. The van der Waals surface area contributed by atoms with Crippen molar-refractivity contribution in [1.82, 2.24) is 0 Å². The highest BCUT2D eigenvalue weighted by atomic mass is 16.3. The lowest BCUT2D eigenvalue weighted by Gasteiger charge is -2.07. The van der Waals surface area contributed by atoms with Gasteiger partial charge in [-0.1, -0.05) is 12.5 Å². The highest BCUT2D eigenvalue weighted by Gasteiger charge is 2.32. The van der Waals surface area contributed by atoms with Gasteiger partial charge in [-0.2, -0.15) is 0 Å². The van der Waals surface area contributed by atoms with Gasteiger partial charge in [0.25, 0.3) is 0 Å². The van der Waals surface area contributed by atoms with Gasteiger partial charge in [-0.15, -0.1) is 0 Å². The number of Topliss-reactive ketones (excluding diaryl/α,β-unsaturated/α-hetero) is 1. The maximum absolute atomic E-state index is 11.0. The van der Waals surface area contributed by atoms with E-state index < -0.39 is 6.10 Å². The number of carbonyl (C=O) groups is 1. The van der Waals surface area contributed by atoms with E-state index in [9.17, 15) is 9.90 Å². The van der Waals surface area contributed by atoms with Crippen LogP contribution in [0.25, 0.3) is 0 Å². The Morgan fingerprint density at radius 1 is 1.40 bits per heavy atom. The summed E-state index contributed by atoms with van der Waals surface area (Å²) >= 11 is 0. The molecule has 0 aromatic heterocycles. The summed E-state index contributed by atoms with van der Waals surface area (Å²) in [5, 5.41) is 9.22. The van der Waals surface area contributed by atoms with E-state index in [-0.39, 0.29) is 11.7 Å². The zero-order chi connectivity index (χ0) is 7.89. The molecule has 1 rings (SSSR count). The molecule has 0 amide bonds. The molecule has 2 heteroatoms. The van der Waals surface area contributed by atoms with Crippen LogP contribution >= 0.6 is 0 Å². The smallest absolute Gasteiger partial charge is 0.187 e. The third-order valence-corrected chi connectivity index (χ3v) is 2.39. The molecule has 0 bridgehead atoms. The van der Waals surface area contributed by atoms with Crippen LogP contribution in [-0.2, 0) is 4.79 Å². The summed E-state index contributed by atoms with van der Waals surface area (Å²) in [5.41, 5.74) is 1.76. The average Bonchev–Trinajstić information content (AvgIpc) is 2.07. The Hall–Kier alpha value is -0.630. The molecule has 2 atom stereocenters. The van der Waals surface area contributed by atoms with E-state index in [0.717, 1.165) is 11.1 Å². The molecule has 0 aromatic carbocycles. The standard InChI is InChI=1S/C8H12O2/c1-4-5(2)7(9)8(10)6(4)3/h5,7,9H,1-3H3/t5-,7-/m0/s1. The third-order valence-electron chi connectivity index (χ3n) is 2.39. The van der Waals surface area contributed by atoms with Crippen molar-refractivity contribution in [3.8, 4) is 0 Å². The second kappa shape index (κ2) is 2.20. The lowest BCUT2D eigenvalue weighted by molar-refractivity contribution is -0.123. The minimum atomic E-state index is -0.778. The van der Waals surface area contributed by atoms with E-state index in [4.69, 9.17) is 0 Å². The Morgan fingerprint density at radius 3 is 2.00 bits per heavy atom. The Labute approximate surface area is 60.6 Å². The number of hydrogen-bond acceptors (Lipinski definition) is 2.